The molecule has 1 atom stereocenters. The van der Waals surface area contributed by atoms with Gasteiger partial charge in [0.1, 0.15) is 0 Å². The van der Waals surface area contributed by atoms with Crippen LogP contribution in [0.3, 0.4) is 0 Å². The Morgan fingerprint density at radius 1 is 0.800 bits per heavy atom. The van der Waals surface area contributed by atoms with Crippen LogP contribution in [-0.2, 0) is 9.47 Å². The third-order valence-electron chi connectivity index (χ3n) is 2.45. The number of hydrogen-bond acceptors (Lipinski definition) is 2. The van der Waals surface area contributed by atoms with E-state index in [0.717, 1.165) is 26.1 Å². The van der Waals surface area contributed by atoms with Gasteiger partial charge in [-0.1, -0.05) is 39.5 Å². The van der Waals surface area contributed by atoms with Crippen LogP contribution >= 0.6 is 0 Å². The standard InChI is InChI=1S/C13H28O2/c1-4-7-9-11-13(14-6-3)15-12-10-8-5-2/h13H,4-12H2,1-3H3. The maximum atomic E-state index is 5.71. The van der Waals surface area contributed by atoms with E-state index in [1.807, 2.05) is 6.92 Å². The fourth-order valence-corrected chi connectivity index (χ4v) is 1.53. The molecule has 0 saturated carbocycles. The minimum Gasteiger partial charge on any atom is -0.353 e. The van der Waals surface area contributed by atoms with E-state index >= 15 is 0 Å². The van der Waals surface area contributed by atoms with Crippen molar-refractivity contribution in [2.45, 2.75) is 72.0 Å². The lowest BCUT2D eigenvalue weighted by Crippen LogP contribution is -2.18. The van der Waals surface area contributed by atoms with Gasteiger partial charge in [-0.2, -0.15) is 0 Å². The van der Waals surface area contributed by atoms with Crippen LogP contribution < -0.4 is 0 Å². The molecule has 1 unspecified atom stereocenters. The fraction of sp³-hybridized carbons (Fsp3) is 1.00. The van der Waals surface area contributed by atoms with Gasteiger partial charge in [-0.05, 0) is 26.2 Å². The van der Waals surface area contributed by atoms with Crippen molar-refractivity contribution in [1.29, 1.82) is 0 Å². The van der Waals surface area contributed by atoms with Crippen molar-refractivity contribution >= 4 is 0 Å². The summed E-state index contributed by atoms with van der Waals surface area (Å²) in [6, 6.07) is 0. The molecule has 0 spiro atoms. The molecule has 0 aromatic carbocycles. The predicted molar refractivity (Wildman–Crippen MR) is 65.0 cm³/mol. The Bertz CT molecular complexity index is 115. The molecule has 0 N–H and O–H groups in total. The number of rotatable bonds is 11. The van der Waals surface area contributed by atoms with Crippen molar-refractivity contribution < 1.29 is 9.47 Å². The highest BCUT2D eigenvalue weighted by Crippen LogP contribution is 2.09. The average Bonchev–Trinajstić information content (AvgIpc) is 2.24. The summed E-state index contributed by atoms with van der Waals surface area (Å²) in [4.78, 5) is 0. The maximum Gasteiger partial charge on any atom is 0.157 e. The van der Waals surface area contributed by atoms with Gasteiger partial charge in [0.2, 0.25) is 0 Å². The van der Waals surface area contributed by atoms with Crippen LogP contribution in [0.5, 0.6) is 0 Å². The topological polar surface area (TPSA) is 18.5 Å². The Kier molecular flexibility index (Phi) is 11.9. The molecule has 0 aliphatic carbocycles. The third kappa shape index (κ3) is 10.2. The van der Waals surface area contributed by atoms with E-state index in [9.17, 15) is 0 Å². The molecule has 92 valence electrons. The SMILES string of the molecule is CCCCCOC(CCCCC)OCC. The lowest BCUT2D eigenvalue weighted by molar-refractivity contribution is -0.144. The van der Waals surface area contributed by atoms with E-state index in [4.69, 9.17) is 9.47 Å². The van der Waals surface area contributed by atoms with Gasteiger partial charge >= 0.3 is 0 Å². The van der Waals surface area contributed by atoms with Gasteiger partial charge in [0.25, 0.3) is 0 Å². The lowest BCUT2D eigenvalue weighted by atomic mass is 10.2. The molecule has 0 bridgehead atoms. The minimum absolute atomic E-state index is 0.0402. The van der Waals surface area contributed by atoms with Crippen molar-refractivity contribution in [1.82, 2.24) is 0 Å². The second-order valence-electron chi connectivity index (χ2n) is 3.96. The zero-order valence-corrected chi connectivity index (χ0v) is 10.8. The summed E-state index contributed by atoms with van der Waals surface area (Å²) in [6.07, 6.45) is 8.51. The summed E-state index contributed by atoms with van der Waals surface area (Å²) < 4.78 is 11.3. The van der Waals surface area contributed by atoms with Gasteiger partial charge in [-0.15, -0.1) is 0 Å². The summed E-state index contributed by atoms with van der Waals surface area (Å²) in [6.45, 7) is 8.07. The highest BCUT2D eigenvalue weighted by molar-refractivity contribution is 4.48. The summed E-state index contributed by atoms with van der Waals surface area (Å²) >= 11 is 0. The minimum atomic E-state index is 0.0402. The van der Waals surface area contributed by atoms with Gasteiger partial charge in [0.05, 0.1) is 0 Å². The molecule has 0 radical (unpaired) electrons. The first-order valence-corrected chi connectivity index (χ1v) is 6.58. The van der Waals surface area contributed by atoms with Crippen molar-refractivity contribution in [3.8, 4) is 0 Å². The van der Waals surface area contributed by atoms with Crippen molar-refractivity contribution in [3.63, 3.8) is 0 Å². The third-order valence-corrected chi connectivity index (χ3v) is 2.45. The van der Waals surface area contributed by atoms with E-state index in [1.54, 1.807) is 0 Å². The van der Waals surface area contributed by atoms with Gasteiger partial charge in [0.15, 0.2) is 6.29 Å². The van der Waals surface area contributed by atoms with E-state index in [1.165, 1.54) is 32.1 Å². The molecule has 2 heteroatoms. The normalized spacial score (nSPS) is 13.0. The van der Waals surface area contributed by atoms with Crippen molar-refractivity contribution in [2.75, 3.05) is 13.2 Å². The van der Waals surface area contributed by atoms with E-state index in [0.29, 0.717) is 0 Å². The van der Waals surface area contributed by atoms with Gasteiger partial charge < -0.3 is 9.47 Å². The molecule has 2 nitrogen and oxygen atoms in total. The Balaban J connectivity index is 3.44. The first-order valence-electron chi connectivity index (χ1n) is 6.58. The Morgan fingerprint density at radius 3 is 2.07 bits per heavy atom. The summed E-state index contributed by atoms with van der Waals surface area (Å²) in [5.74, 6) is 0. The fourth-order valence-electron chi connectivity index (χ4n) is 1.53. The zero-order chi connectivity index (χ0) is 11.4. The van der Waals surface area contributed by atoms with E-state index in [2.05, 4.69) is 13.8 Å². The monoisotopic (exact) mass is 216 g/mol. The van der Waals surface area contributed by atoms with Crippen LogP contribution in [0.4, 0.5) is 0 Å². The number of unbranched alkanes of at least 4 members (excludes halogenated alkanes) is 4. The Morgan fingerprint density at radius 2 is 1.47 bits per heavy atom. The number of ether oxygens (including phenoxy) is 2. The van der Waals surface area contributed by atoms with Gasteiger partial charge in [0, 0.05) is 13.2 Å². The van der Waals surface area contributed by atoms with Crippen LogP contribution in [0.15, 0.2) is 0 Å². The van der Waals surface area contributed by atoms with Crippen LogP contribution in [0.25, 0.3) is 0 Å². The molecule has 0 fully saturated rings. The summed E-state index contributed by atoms with van der Waals surface area (Å²) in [7, 11) is 0. The van der Waals surface area contributed by atoms with E-state index in [-0.39, 0.29) is 6.29 Å². The second kappa shape index (κ2) is 12.0. The average molecular weight is 216 g/mol. The van der Waals surface area contributed by atoms with Crippen LogP contribution in [0.2, 0.25) is 0 Å². The van der Waals surface area contributed by atoms with Gasteiger partial charge in [-0.3, -0.25) is 0 Å². The molecule has 0 aliphatic heterocycles. The van der Waals surface area contributed by atoms with E-state index < -0.39 is 0 Å². The van der Waals surface area contributed by atoms with Crippen molar-refractivity contribution in [2.24, 2.45) is 0 Å². The molecular weight excluding hydrogens is 188 g/mol. The van der Waals surface area contributed by atoms with Crippen LogP contribution in [0.1, 0.15) is 65.7 Å². The number of hydrogen-bond donors (Lipinski definition) is 0. The van der Waals surface area contributed by atoms with Crippen LogP contribution in [-0.4, -0.2) is 19.5 Å². The molecule has 0 rings (SSSR count). The first-order chi connectivity index (χ1) is 7.35. The molecule has 0 heterocycles. The first kappa shape index (κ1) is 14.9. The summed E-state index contributed by atoms with van der Waals surface area (Å²) in [5.41, 5.74) is 0. The Labute approximate surface area is 95.3 Å². The zero-order valence-electron chi connectivity index (χ0n) is 10.8. The lowest BCUT2D eigenvalue weighted by Gasteiger charge is -2.17. The second-order valence-corrected chi connectivity index (χ2v) is 3.96. The molecular formula is C13H28O2. The summed E-state index contributed by atoms with van der Waals surface area (Å²) in [5, 5.41) is 0. The molecule has 0 amide bonds. The van der Waals surface area contributed by atoms with Crippen LogP contribution in [0, 0.1) is 0 Å². The predicted octanol–water partition coefficient (Wildman–Crippen LogP) is 4.14. The smallest absolute Gasteiger partial charge is 0.157 e. The quantitative estimate of drug-likeness (QED) is 0.382. The molecule has 0 saturated heterocycles. The Hall–Kier alpha value is -0.0800. The molecule has 0 aromatic heterocycles. The maximum absolute atomic E-state index is 5.71. The molecule has 0 aliphatic rings. The highest BCUT2D eigenvalue weighted by atomic mass is 16.7. The highest BCUT2D eigenvalue weighted by Gasteiger charge is 2.07. The molecule has 15 heavy (non-hydrogen) atoms. The largest absolute Gasteiger partial charge is 0.353 e. The molecule has 0 aromatic rings. The van der Waals surface area contributed by atoms with Gasteiger partial charge in [-0.25, -0.2) is 0 Å². The van der Waals surface area contributed by atoms with Crippen molar-refractivity contribution in [3.05, 3.63) is 0 Å².